The molecule has 2 aliphatic carbocycles. The Kier molecular flexibility index (Phi) is 7.70. The molecule has 12 rings (SSSR count). The molecule has 276 valence electrons. The summed E-state index contributed by atoms with van der Waals surface area (Å²) in [7, 11) is 0. The summed E-state index contributed by atoms with van der Waals surface area (Å²) >= 11 is 1.86. The van der Waals surface area contributed by atoms with Crippen molar-refractivity contribution in [3.8, 4) is 39.3 Å². The van der Waals surface area contributed by atoms with Crippen LogP contribution in [0.5, 0.6) is 0 Å². The molecular formula is C54H33N3OS. The molecule has 5 heterocycles. The monoisotopic (exact) mass is 771 g/mol. The summed E-state index contributed by atoms with van der Waals surface area (Å²) in [5.41, 5.74) is 19.7. The van der Waals surface area contributed by atoms with E-state index >= 15 is 0 Å². The van der Waals surface area contributed by atoms with Gasteiger partial charge in [0.25, 0.3) is 0 Å². The highest BCUT2D eigenvalue weighted by Gasteiger charge is 2.21. The van der Waals surface area contributed by atoms with Crippen LogP contribution >= 0.6 is 11.3 Å². The number of hydrogen-bond donors (Lipinski definition) is 0. The van der Waals surface area contributed by atoms with E-state index in [0.29, 0.717) is 0 Å². The predicted octanol–water partition coefficient (Wildman–Crippen LogP) is 14.7. The van der Waals surface area contributed by atoms with E-state index in [1.165, 1.54) is 20.5 Å². The Hall–Kier alpha value is -7.56. The zero-order chi connectivity index (χ0) is 38.9. The third-order valence-electron chi connectivity index (χ3n) is 11.6. The maximum Gasteiger partial charge on any atom is 0.135 e. The summed E-state index contributed by atoms with van der Waals surface area (Å²) in [6.07, 6.45) is 20.3. The van der Waals surface area contributed by atoms with Gasteiger partial charge in [-0.05, 0) is 132 Å². The van der Waals surface area contributed by atoms with Gasteiger partial charge < -0.3 is 8.98 Å². The molecule has 0 bridgehead atoms. The van der Waals surface area contributed by atoms with Gasteiger partial charge in [-0.2, -0.15) is 0 Å². The fourth-order valence-electron chi connectivity index (χ4n) is 8.75. The summed E-state index contributed by atoms with van der Waals surface area (Å²) < 4.78 is 10.0. The summed E-state index contributed by atoms with van der Waals surface area (Å²) in [6.45, 7) is 0. The highest BCUT2D eigenvalue weighted by Crippen LogP contribution is 2.42. The Labute approximate surface area is 344 Å². The first-order chi connectivity index (χ1) is 29.2. The second-order valence-electron chi connectivity index (χ2n) is 15.0. The highest BCUT2D eigenvalue weighted by molar-refractivity contribution is 7.20. The number of benzene rings is 5. The van der Waals surface area contributed by atoms with Crippen LogP contribution in [0, 0.1) is 0 Å². The van der Waals surface area contributed by atoms with Crippen molar-refractivity contribution < 1.29 is 4.42 Å². The van der Waals surface area contributed by atoms with E-state index in [-0.39, 0.29) is 0 Å². The molecule has 59 heavy (non-hydrogen) atoms. The zero-order valence-electron chi connectivity index (χ0n) is 31.8. The number of hydrogen-bond acceptors (Lipinski definition) is 4. The van der Waals surface area contributed by atoms with Crippen LogP contribution in [0.25, 0.3) is 112 Å². The standard InChI is InChI=1S/C54H33N3OS/c1-2-12-42-46-33-38(21-27-54(46)59-53(42)15-3-1)57-49-23-17-34(39-10-4-5-11-40(39)48-14-7-9-29-56-48)16-22-41(49)43-30-35(18-24-50(43)57)36-19-25-51-44(31-36)45-32-37(20-26-52(45)58-51)47-13-6-8-28-55-47/h2-15,17-33H,1H2. The van der Waals surface area contributed by atoms with Crippen molar-refractivity contribution in [2.75, 3.05) is 0 Å². The fourth-order valence-corrected chi connectivity index (χ4v) is 9.85. The van der Waals surface area contributed by atoms with Crippen LogP contribution in [-0.4, -0.2) is 14.5 Å². The van der Waals surface area contributed by atoms with Crippen molar-refractivity contribution in [3.05, 3.63) is 197 Å². The number of aromatic nitrogens is 3. The number of rotatable bonds is 5. The first-order valence-corrected chi connectivity index (χ1v) is 20.7. The second-order valence-corrected chi connectivity index (χ2v) is 16.1. The molecule has 0 saturated heterocycles. The number of nitrogens with zero attached hydrogens (tertiary/aromatic N) is 3. The normalized spacial score (nSPS) is 13.3. The molecule has 0 fully saturated rings. The Morgan fingerprint density at radius 1 is 0.559 bits per heavy atom. The zero-order valence-corrected chi connectivity index (χ0v) is 32.6. The highest BCUT2D eigenvalue weighted by atomic mass is 32.1. The van der Waals surface area contributed by atoms with Gasteiger partial charge in [-0.1, -0.05) is 66.8 Å². The van der Waals surface area contributed by atoms with Crippen molar-refractivity contribution in [1.82, 2.24) is 14.5 Å². The lowest BCUT2D eigenvalue weighted by molar-refractivity contribution is 0.669. The Morgan fingerprint density at radius 3 is 2.08 bits per heavy atom. The van der Waals surface area contributed by atoms with Crippen LogP contribution in [-0.2, 0) is 0 Å². The van der Waals surface area contributed by atoms with Crippen molar-refractivity contribution in [2.45, 2.75) is 6.42 Å². The minimum absolute atomic E-state index is 0.866. The average molecular weight is 772 g/mol. The SMILES string of the molecule is C1=Cc2c(n(-c3ccc4sc5c(c4c3)C=CCC=C5)c3ccc(-c4ccc5oc6ccc(-c7ccccn7)cc6c5c4)cc23)C=CC=1c1ccccc1-c1ccccn1. The van der Waals surface area contributed by atoms with Gasteiger partial charge in [-0.25, -0.2) is 0 Å². The van der Waals surface area contributed by atoms with Gasteiger partial charge in [0.1, 0.15) is 11.2 Å². The minimum atomic E-state index is 0.866. The van der Waals surface area contributed by atoms with E-state index in [4.69, 9.17) is 9.40 Å². The fraction of sp³-hybridized carbons (Fsp3) is 0.0185. The molecule has 4 nitrogen and oxygen atoms in total. The molecule has 0 saturated carbocycles. The molecular weight excluding hydrogens is 739 g/mol. The van der Waals surface area contributed by atoms with Gasteiger partial charge in [0.2, 0.25) is 0 Å². The van der Waals surface area contributed by atoms with Crippen LogP contribution in [0.1, 0.15) is 33.7 Å². The largest absolute Gasteiger partial charge is 0.456 e. The molecule has 0 amide bonds. The summed E-state index contributed by atoms with van der Waals surface area (Å²) in [4.78, 5) is 10.6. The van der Waals surface area contributed by atoms with Crippen molar-refractivity contribution in [3.63, 3.8) is 0 Å². The molecule has 0 unspecified atom stereocenters. The second kappa shape index (κ2) is 13.5. The number of thiophene rings is 1. The molecule has 5 heteroatoms. The van der Waals surface area contributed by atoms with E-state index in [2.05, 4.69) is 161 Å². The molecule has 10 aromatic rings. The molecule has 5 aromatic carbocycles. The van der Waals surface area contributed by atoms with Gasteiger partial charge in [-0.15, -0.1) is 17.1 Å². The van der Waals surface area contributed by atoms with Crippen LogP contribution < -0.4 is 0 Å². The van der Waals surface area contributed by atoms with Crippen molar-refractivity contribution in [2.24, 2.45) is 0 Å². The van der Waals surface area contributed by atoms with Crippen LogP contribution in [0.15, 0.2) is 174 Å². The topological polar surface area (TPSA) is 43.9 Å². The smallest absolute Gasteiger partial charge is 0.135 e. The molecule has 0 N–H and O–H groups in total. The van der Waals surface area contributed by atoms with E-state index < -0.39 is 0 Å². The molecule has 0 atom stereocenters. The lowest BCUT2D eigenvalue weighted by Gasteiger charge is -2.11. The first kappa shape index (κ1) is 33.6. The third-order valence-corrected chi connectivity index (χ3v) is 12.7. The van der Waals surface area contributed by atoms with E-state index in [1.807, 2.05) is 54.1 Å². The van der Waals surface area contributed by atoms with Gasteiger partial charge in [0, 0.05) is 77.0 Å². The molecule has 5 aromatic heterocycles. The van der Waals surface area contributed by atoms with Crippen LogP contribution in [0.3, 0.4) is 0 Å². The van der Waals surface area contributed by atoms with Crippen molar-refractivity contribution in [1.29, 1.82) is 0 Å². The average Bonchev–Trinajstić information content (AvgIpc) is 3.79. The first-order valence-electron chi connectivity index (χ1n) is 19.9. The summed E-state index contributed by atoms with van der Waals surface area (Å²) in [5, 5.41) is 4.60. The summed E-state index contributed by atoms with van der Waals surface area (Å²) in [5.74, 6) is 0. The molecule has 2 aliphatic rings. The van der Waals surface area contributed by atoms with E-state index in [9.17, 15) is 0 Å². The minimum Gasteiger partial charge on any atom is -0.456 e. The number of allylic oxidation sites excluding steroid dienone is 4. The number of furan rings is 1. The molecule has 0 spiro atoms. The third kappa shape index (κ3) is 5.60. The van der Waals surface area contributed by atoms with E-state index in [0.717, 1.165) is 101 Å². The van der Waals surface area contributed by atoms with Gasteiger partial charge in [-0.3, -0.25) is 9.97 Å². The Morgan fingerprint density at radius 2 is 1.27 bits per heavy atom. The number of fused-ring (bicyclic) bond motifs is 9. The summed E-state index contributed by atoms with van der Waals surface area (Å²) in [6, 6.07) is 47.2. The maximum atomic E-state index is 6.34. The number of pyridine rings is 2. The lowest BCUT2D eigenvalue weighted by Crippen LogP contribution is -1.97. The van der Waals surface area contributed by atoms with Gasteiger partial charge in [0.05, 0.1) is 22.6 Å². The molecule has 0 radical (unpaired) electrons. The quantitative estimate of drug-likeness (QED) is 0.164. The van der Waals surface area contributed by atoms with E-state index in [1.54, 1.807) is 0 Å². The van der Waals surface area contributed by atoms with Crippen LogP contribution in [0.4, 0.5) is 0 Å². The maximum absolute atomic E-state index is 6.34. The van der Waals surface area contributed by atoms with Gasteiger partial charge in [0.15, 0.2) is 0 Å². The predicted molar refractivity (Wildman–Crippen MR) is 247 cm³/mol. The van der Waals surface area contributed by atoms with Gasteiger partial charge >= 0.3 is 0 Å². The van der Waals surface area contributed by atoms with Crippen LogP contribution in [0.2, 0.25) is 0 Å². The Balaban J connectivity index is 1.05. The van der Waals surface area contributed by atoms with Crippen molar-refractivity contribution >= 4 is 84.1 Å². The lowest BCUT2D eigenvalue weighted by atomic mass is 9.97. The molecule has 0 aliphatic heterocycles. The Bertz CT molecular complexity index is 3500.